The van der Waals surface area contributed by atoms with Crippen LogP contribution in [0.15, 0.2) is 48.5 Å². The van der Waals surface area contributed by atoms with Gasteiger partial charge in [-0.1, -0.05) is 59.7 Å². The van der Waals surface area contributed by atoms with Crippen molar-refractivity contribution in [2.75, 3.05) is 0 Å². The molecule has 2 rings (SSSR count). The minimum Gasteiger partial charge on any atom is -0.290 e. The standard InChI is InChI=1S/C17H17O/c1-13-8-14(2)10-16(9-13)17(12-18)11-15-6-4-3-5-7-15/h3-10,17H,11H2,1-2H3. The molecule has 0 aliphatic rings. The molecule has 1 radical (unpaired) electrons. The Morgan fingerprint density at radius 1 is 1.00 bits per heavy atom. The Morgan fingerprint density at radius 3 is 2.17 bits per heavy atom. The fourth-order valence-corrected chi connectivity index (χ4v) is 2.29. The lowest BCUT2D eigenvalue weighted by molar-refractivity contribution is 0.542. The number of hydrogen-bond donors (Lipinski definition) is 0. The van der Waals surface area contributed by atoms with E-state index in [0.29, 0.717) is 6.42 Å². The van der Waals surface area contributed by atoms with Crippen LogP contribution >= 0.6 is 0 Å². The zero-order valence-electron chi connectivity index (χ0n) is 10.8. The predicted molar refractivity (Wildman–Crippen MR) is 74.5 cm³/mol. The molecule has 0 aliphatic heterocycles. The average molecular weight is 237 g/mol. The van der Waals surface area contributed by atoms with Crippen molar-refractivity contribution in [3.63, 3.8) is 0 Å². The summed E-state index contributed by atoms with van der Waals surface area (Å²) < 4.78 is 0. The Hall–Kier alpha value is -1.89. The van der Waals surface area contributed by atoms with Gasteiger partial charge in [-0.25, -0.2) is 0 Å². The fraction of sp³-hybridized carbons (Fsp3) is 0.235. The average Bonchev–Trinajstić information content (AvgIpc) is 2.36. The highest BCUT2D eigenvalue weighted by atomic mass is 16.1. The van der Waals surface area contributed by atoms with E-state index in [-0.39, 0.29) is 5.92 Å². The molecule has 91 valence electrons. The normalized spacial score (nSPS) is 12.1. The molecule has 0 heterocycles. The van der Waals surface area contributed by atoms with Crippen molar-refractivity contribution in [3.8, 4) is 0 Å². The fourth-order valence-electron chi connectivity index (χ4n) is 2.29. The molecule has 2 aromatic rings. The molecule has 0 bridgehead atoms. The van der Waals surface area contributed by atoms with Crippen molar-refractivity contribution in [3.05, 3.63) is 70.8 Å². The first-order valence-corrected chi connectivity index (χ1v) is 6.19. The lowest BCUT2D eigenvalue weighted by Gasteiger charge is -2.12. The van der Waals surface area contributed by atoms with Gasteiger partial charge in [-0.15, -0.1) is 0 Å². The molecule has 1 nitrogen and oxygen atoms in total. The summed E-state index contributed by atoms with van der Waals surface area (Å²) in [6, 6.07) is 16.3. The van der Waals surface area contributed by atoms with Crippen LogP contribution in [0.1, 0.15) is 28.2 Å². The van der Waals surface area contributed by atoms with Crippen molar-refractivity contribution in [2.45, 2.75) is 26.2 Å². The van der Waals surface area contributed by atoms with Crippen LogP contribution in [0.3, 0.4) is 0 Å². The summed E-state index contributed by atoms with van der Waals surface area (Å²) in [6.45, 7) is 4.11. The summed E-state index contributed by atoms with van der Waals surface area (Å²) in [5.41, 5.74) is 4.62. The van der Waals surface area contributed by atoms with Gasteiger partial charge in [0, 0.05) is 0 Å². The molecule has 0 saturated heterocycles. The Morgan fingerprint density at radius 2 is 1.61 bits per heavy atom. The minimum absolute atomic E-state index is 0.175. The molecule has 0 aliphatic carbocycles. The smallest absolute Gasteiger partial charge is 0.206 e. The molecular weight excluding hydrogens is 220 g/mol. The summed E-state index contributed by atoms with van der Waals surface area (Å²) in [6.07, 6.45) is 2.89. The maximum absolute atomic E-state index is 11.2. The summed E-state index contributed by atoms with van der Waals surface area (Å²) >= 11 is 0. The lowest BCUT2D eigenvalue weighted by Crippen LogP contribution is -2.05. The topological polar surface area (TPSA) is 17.1 Å². The van der Waals surface area contributed by atoms with Gasteiger partial charge in [0.05, 0.1) is 5.92 Å². The molecule has 0 amide bonds. The SMILES string of the molecule is Cc1cc(C)cc(C([C]=O)Cc2ccccc2)c1. The second kappa shape index (κ2) is 5.63. The third-order valence-electron chi connectivity index (χ3n) is 3.07. The van der Waals surface area contributed by atoms with E-state index in [1.54, 1.807) is 0 Å². The quantitative estimate of drug-likeness (QED) is 0.791. The molecule has 2 aromatic carbocycles. The van der Waals surface area contributed by atoms with Gasteiger partial charge in [-0.2, -0.15) is 0 Å². The molecule has 1 heteroatoms. The molecule has 0 fully saturated rings. The first kappa shape index (κ1) is 12.6. The number of rotatable bonds is 4. The van der Waals surface area contributed by atoms with Crippen LogP contribution in [0.2, 0.25) is 0 Å². The van der Waals surface area contributed by atoms with Crippen molar-refractivity contribution >= 4 is 6.29 Å². The molecule has 1 unspecified atom stereocenters. The second-order valence-electron chi connectivity index (χ2n) is 4.78. The molecular formula is C17H17O. The third-order valence-corrected chi connectivity index (χ3v) is 3.07. The monoisotopic (exact) mass is 237 g/mol. The van der Waals surface area contributed by atoms with Gasteiger partial charge in [-0.3, -0.25) is 4.79 Å². The third kappa shape index (κ3) is 3.07. The van der Waals surface area contributed by atoms with Crippen molar-refractivity contribution in [1.82, 2.24) is 0 Å². The zero-order chi connectivity index (χ0) is 13.0. The van der Waals surface area contributed by atoms with Crippen LogP contribution in [0.4, 0.5) is 0 Å². The van der Waals surface area contributed by atoms with Gasteiger partial charge in [0.25, 0.3) is 0 Å². The highest BCUT2D eigenvalue weighted by Gasteiger charge is 2.13. The Kier molecular flexibility index (Phi) is 3.93. The van der Waals surface area contributed by atoms with E-state index in [9.17, 15) is 4.79 Å². The van der Waals surface area contributed by atoms with Crippen molar-refractivity contribution in [2.24, 2.45) is 0 Å². The number of aryl methyl sites for hydroxylation is 2. The van der Waals surface area contributed by atoms with Gasteiger partial charge >= 0.3 is 0 Å². The van der Waals surface area contributed by atoms with Crippen LogP contribution < -0.4 is 0 Å². The Labute approximate surface area is 108 Å². The predicted octanol–water partition coefficient (Wildman–Crippen LogP) is 3.74. The maximum atomic E-state index is 11.2. The van der Waals surface area contributed by atoms with E-state index in [4.69, 9.17) is 0 Å². The molecule has 0 saturated carbocycles. The van der Waals surface area contributed by atoms with E-state index in [1.165, 1.54) is 16.7 Å². The number of hydrogen-bond acceptors (Lipinski definition) is 1. The van der Waals surface area contributed by atoms with Crippen LogP contribution in [0, 0.1) is 13.8 Å². The number of carbonyl (C=O) groups excluding carboxylic acids is 1. The van der Waals surface area contributed by atoms with E-state index < -0.39 is 0 Å². The Balaban J connectivity index is 2.25. The molecule has 18 heavy (non-hydrogen) atoms. The van der Waals surface area contributed by atoms with Gasteiger partial charge < -0.3 is 0 Å². The first-order valence-electron chi connectivity index (χ1n) is 6.19. The lowest BCUT2D eigenvalue weighted by atomic mass is 9.91. The van der Waals surface area contributed by atoms with Crippen molar-refractivity contribution in [1.29, 1.82) is 0 Å². The van der Waals surface area contributed by atoms with Gasteiger partial charge in [0.1, 0.15) is 0 Å². The summed E-state index contributed by atoms with van der Waals surface area (Å²) in [4.78, 5) is 11.2. The molecule has 1 atom stereocenters. The summed E-state index contributed by atoms with van der Waals surface area (Å²) in [5, 5.41) is 0. The van der Waals surface area contributed by atoms with Gasteiger partial charge in [-0.05, 0) is 31.4 Å². The van der Waals surface area contributed by atoms with E-state index in [0.717, 1.165) is 5.56 Å². The molecule has 0 aromatic heterocycles. The zero-order valence-corrected chi connectivity index (χ0v) is 10.8. The highest BCUT2D eigenvalue weighted by Crippen LogP contribution is 2.21. The highest BCUT2D eigenvalue weighted by molar-refractivity contribution is 5.64. The van der Waals surface area contributed by atoms with Crippen LogP contribution in [0.5, 0.6) is 0 Å². The minimum atomic E-state index is -0.175. The summed E-state index contributed by atoms with van der Waals surface area (Å²) in [7, 11) is 0. The summed E-state index contributed by atoms with van der Waals surface area (Å²) in [5.74, 6) is -0.175. The van der Waals surface area contributed by atoms with Crippen LogP contribution in [-0.4, -0.2) is 6.29 Å². The largest absolute Gasteiger partial charge is 0.290 e. The first-order chi connectivity index (χ1) is 8.69. The maximum Gasteiger partial charge on any atom is 0.206 e. The molecule has 0 N–H and O–H groups in total. The number of benzene rings is 2. The van der Waals surface area contributed by atoms with Crippen molar-refractivity contribution < 1.29 is 4.79 Å². The van der Waals surface area contributed by atoms with E-state index in [2.05, 4.69) is 38.3 Å². The van der Waals surface area contributed by atoms with Crippen LogP contribution in [0.25, 0.3) is 0 Å². The Bertz CT molecular complexity index is 508. The van der Waals surface area contributed by atoms with E-state index in [1.807, 2.05) is 30.3 Å². The van der Waals surface area contributed by atoms with Crippen LogP contribution in [-0.2, 0) is 11.2 Å². The van der Waals surface area contributed by atoms with Gasteiger partial charge in [0.15, 0.2) is 0 Å². The van der Waals surface area contributed by atoms with Gasteiger partial charge in [0.2, 0.25) is 6.29 Å². The van der Waals surface area contributed by atoms with E-state index >= 15 is 0 Å². The molecule has 0 spiro atoms. The second-order valence-corrected chi connectivity index (χ2v) is 4.78.